The lowest BCUT2D eigenvalue weighted by atomic mass is 10.1. The van der Waals surface area contributed by atoms with Crippen LogP contribution < -0.4 is 5.32 Å². The largest absolute Gasteiger partial charge is 0.321 e. The van der Waals surface area contributed by atoms with E-state index in [-0.39, 0.29) is 5.91 Å². The maximum Gasteiger partial charge on any atom is 0.265 e. The molecule has 1 amide bonds. The van der Waals surface area contributed by atoms with Gasteiger partial charge in [0.2, 0.25) is 0 Å². The van der Waals surface area contributed by atoms with Crippen LogP contribution in [-0.4, -0.2) is 15.7 Å². The molecule has 4 aromatic rings. The van der Waals surface area contributed by atoms with Crippen LogP contribution in [0.25, 0.3) is 15.9 Å². The quantitative estimate of drug-likeness (QED) is 0.425. The Morgan fingerprint density at radius 3 is 2.52 bits per heavy atom. The van der Waals surface area contributed by atoms with Gasteiger partial charge in [-0.2, -0.15) is 5.10 Å². The number of halogens is 1. The molecule has 6 heteroatoms. The van der Waals surface area contributed by atoms with Gasteiger partial charge in [0.15, 0.2) is 0 Å². The Bertz CT molecular complexity index is 1110. The van der Waals surface area contributed by atoms with Crippen LogP contribution in [0.1, 0.15) is 27.9 Å². The number of aryl methyl sites for hydroxylation is 2. The van der Waals surface area contributed by atoms with Crippen LogP contribution in [0, 0.1) is 6.92 Å². The van der Waals surface area contributed by atoms with Crippen molar-refractivity contribution in [2.45, 2.75) is 20.3 Å². The van der Waals surface area contributed by atoms with Crippen LogP contribution >= 0.6 is 27.3 Å². The van der Waals surface area contributed by atoms with E-state index in [1.54, 1.807) is 0 Å². The number of aromatic nitrogens is 2. The number of thiophene rings is 1. The molecule has 4 rings (SSSR count). The summed E-state index contributed by atoms with van der Waals surface area (Å²) in [7, 11) is 0. The van der Waals surface area contributed by atoms with Gasteiger partial charge < -0.3 is 5.32 Å². The highest BCUT2D eigenvalue weighted by Gasteiger charge is 2.17. The molecule has 0 radical (unpaired) electrons. The average Bonchev–Trinajstić information content (AvgIpc) is 3.24. The van der Waals surface area contributed by atoms with Crippen molar-refractivity contribution in [2.75, 3.05) is 5.32 Å². The second-order valence-electron chi connectivity index (χ2n) is 6.31. The number of amides is 1. The number of fused-ring (bicyclic) bond motifs is 1. The Morgan fingerprint density at radius 1 is 1.15 bits per heavy atom. The van der Waals surface area contributed by atoms with E-state index in [0.717, 1.165) is 38.2 Å². The standard InChI is InChI=1S/C21H18BrN3OS/c1-3-14-4-8-16(9-5-14)23-20(26)19-12-18-13(2)24-25(21(18)27-19)17-10-6-15(22)7-11-17/h4-12H,3H2,1-2H3,(H,23,26). The van der Waals surface area contributed by atoms with Gasteiger partial charge in [-0.15, -0.1) is 11.3 Å². The van der Waals surface area contributed by atoms with E-state index in [2.05, 4.69) is 33.3 Å². The number of hydrogen-bond donors (Lipinski definition) is 1. The van der Waals surface area contributed by atoms with Crippen molar-refractivity contribution < 1.29 is 4.79 Å². The first kappa shape index (κ1) is 17.9. The van der Waals surface area contributed by atoms with Gasteiger partial charge in [-0.05, 0) is 61.4 Å². The van der Waals surface area contributed by atoms with Crippen LogP contribution in [-0.2, 0) is 6.42 Å². The monoisotopic (exact) mass is 439 g/mol. The first-order valence-electron chi connectivity index (χ1n) is 8.70. The number of hydrogen-bond acceptors (Lipinski definition) is 3. The van der Waals surface area contributed by atoms with Gasteiger partial charge in [0.05, 0.1) is 16.3 Å². The molecule has 27 heavy (non-hydrogen) atoms. The zero-order valence-corrected chi connectivity index (χ0v) is 17.4. The molecule has 0 saturated heterocycles. The Hall–Kier alpha value is -2.44. The molecule has 0 aliphatic heterocycles. The first-order valence-corrected chi connectivity index (χ1v) is 10.3. The molecule has 0 atom stereocenters. The summed E-state index contributed by atoms with van der Waals surface area (Å²) in [5.74, 6) is -0.0952. The van der Waals surface area contributed by atoms with Gasteiger partial charge >= 0.3 is 0 Å². The van der Waals surface area contributed by atoms with E-state index in [4.69, 9.17) is 0 Å². The van der Waals surface area contributed by atoms with Crippen LogP contribution in [0.2, 0.25) is 0 Å². The van der Waals surface area contributed by atoms with E-state index in [0.29, 0.717) is 4.88 Å². The zero-order valence-electron chi connectivity index (χ0n) is 15.0. The fraction of sp³-hybridized carbons (Fsp3) is 0.143. The summed E-state index contributed by atoms with van der Waals surface area (Å²) in [4.78, 5) is 14.4. The number of anilines is 1. The van der Waals surface area contributed by atoms with Crippen molar-refractivity contribution in [2.24, 2.45) is 0 Å². The smallest absolute Gasteiger partial charge is 0.265 e. The van der Waals surface area contributed by atoms with Crippen molar-refractivity contribution in [3.63, 3.8) is 0 Å². The minimum absolute atomic E-state index is 0.0952. The molecule has 136 valence electrons. The van der Waals surface area contributed by atoms with Gasteiger partial charge in [-0.3, -0.25) is 4.79 Å². The van der Waals surface area contributed by atoms with Gasteiger partial charge in [0.1, 0.15) is 4.83 Å². The number of carbonyl (C=O) groups is 1. The third kappa shape index (κ3) is 3.55. The summed E-state index contributed by atoms with van der Waals surface area (Å²) in [6.07, 6.45) is 0.983. The molecular formula is C21H18BrN3OS. The summed E-state index contributed by atoms with van der Waals surface area (Å²) >= 11 is 4.91. The Labute approximate surface area is 170 Å². The summed E-state index contributed by atoms with van der Waals surface area (Å²) in [6.45, 7) is 4.08. The van der Waals surface area contributed by atoms with Crippen molar-refractivity contribution in [3.8, 4) is 5.69 Å². The molecule has 1 N–H and O–H groups in total. The van der Waals surface area contributed by atoms with E-state index < -0.39 is 0 Å². The van der Waals surface area contributed by atoms with Crippen molar-refractivity contribution >= 4 is 49.1 Å². The molecule has 0 aliphatic carbocycles. The zero-order chi connectivity index (χ0) is 19.0. The minimum atomic E-state index is -0.0952. The minimum Gasteiger partial charge on any atom is -0.321 e. The maximum atomic E-state index is 12.7. The lowest BCUT2D eigenvalue weighted by Crippen LogP contribution is -2.10. The SMILES string of the molecule is CCc1ccc(NC(=O)c2cc3c(C)nn(-c4ccc(Br)cc4)c3s2)cc1. The number of carbonyl (C=O) groups excluding carboxylic acids is 1. The maximum absolute atomic E-state index is 12.7. The fourth-order valence-electron chi connectivity index (χ4n) is 2.93. The summed E-state index contributed by atoms with van der Waals surface area (Å²) in [6, 6.07) is 17.9. The predicted molar refractivity (Wildman–Crippen MR) is 115 cm³/mol. The molecule has 0 saturated carbocycles. The van der Waals surface area contributed by atoms with Crippen LogP contribution in [0.15, 0.2) is 59.1 Å². The third-order valence-corrected chi connectivity index (χ3v) is 6.10. The van der Waals surface area contributed by atoms with Crippen molar-refractivity contribution in [3.05, 3.63) is 75.2 Å². The molecule has 0 bridgehead atoms. The average molecular weight is 440 g/mol. The molecule has 2 heterocycles. The normalized spacial score (nSPS) is 11.1. The Kier molecular flexibility index (Phi) is 4.85. The second kappa shape index (κ2) is 7.29. The molecule has 2 aromatic heterocycles. The van der Waals surface area contributed by atoms with Crippen LogP contribution in [0.4, 0.5) is 5.69 Å². The van der Waals surface area contributed by atoms with Crippen LogP contribution in [0.5, 0.6) is 0 Å². The van der Waals surface area contributed by atoms with Crippen molar-refractivity contribution in [1.29, 1.82) is 0 Å². The Balaban J connectivity index is 1.65. The number of nitrogens with one attached hydrogen (secondary N) is 1. The fourth-order valence-corrected chi connectivity index (χ4v) is 4.28. The first-order chi connectivity index (χ1) is 13.0. The Morgan fingerprint density at radius 2 is 1.85 bits per heavy atom. The lowest BCUT2D eigenvalue weighted by Gasteiger charge is -2.05. The topological polar surface area (TPSA) is 46.9 Å². The highest BCUT2D eigenvalue weighted by atomic mass is 79.9. The molecular weight excluding hydrogens is 422 g/mol. The molecule has 0 aliphatic rings. The van der Waals surface area contributed by atoms with E-state index in [1.807, 2.05) is 66.2 Å². The molecule has 0 unspecified atom stereocenters. The molecule has 0 spiro atoms. The highest BCUT2D eigenvalue weighted by molar-refractivity contribution is 9.10. The summed E-state index contributed by atoms with van der Waals surface area (Å²) in [5.41, 5.74) is 3.94. The predicted octanol–water partition coefficient (Wildman–Crippen LogP) is 5.97. The number of nitrogens with zero attached hydrogens (tertiary/aromatic N) is 2. The number of rotatable bonds is 4. The van der Waals surface area contributed by atoms with E-state index in [9.17, 15) is 4.79 Å². The highest BCUT2D eigenvalue weighted by Crippen LogP contribution is 2.31. The van der Waals surface area contributed by atoms with Gasteiger partial charge in [-0.1, -0.05) is 35.0 Å². The van der Waals surface area contributed by atoms with Gasteiger partial charge in [-0.25, -0.2) is 4.68 Å². The molecule has 0 fully saturated rings. The number of benzene rings is 2. The summed E-state index contributed by atoms with van der Waals surface area (Å²) < 4.78 is 2.92. The molecule has 4 nitrogen and oxygen atoms in total. The van der Waals surface area contributed by atoms with E-state index in [1.165, 1.54) is 16.9 Å². The third-order valence-electron chi connectivity index (χ3n) is 4.46. The van der Waals surface area contributed by atoms with E-state index >= 15 is 0 Å². The van der Waals surface area contributed by atoms with Crippen molar-refractivity contribution in [1.82, 2.24) is 9.78 Å². The van der Waals surface area contributed by atoms with Crippen LogP contribution in [0.3, 0.4) is 0 Å². The lowest BCUT2D eigenvalue weighted by molar-refractivity contribution is 0.103. The van der Waals surface area contributed by atoms with Gasteiger partial charge in [0.25, 0.3) is 5.91 Å². The summed E-state index contributed by atoms with van der Waals surface area (Å²) in [5, 5.41) is 8.62. The second-order valence-corrected chi connectivity index (χ2v) is 8.25. The van der Waals surface area contributed by atoms with Gasteiger partial charge in [0, 0.05) is 15.5 Å². The molecule has 2 aromatic carbocycles.